The average Bonchev–Trinajstić information content (AvgIpc) is 3.01. The highest BCUT2D eigenvalue weighted by molar-refractivity contribution is 8.19. The second-order valence-electron chi connectivity index (χ2n) is 5.75. The average molecular weight is 322 g/mol. The molecule has 0 spiro atoms. The Balaban J connectivity index is 1.59. The van der Waals surface area contributed by atoms with E-state index < -0.39 is 0 Å². The Morgan fingerprint density at radius 2 is 1.95 bits per heavy atom. The van der Waals surface area contributed by atoms with Crippen molar-refractivity contribution < 1.29 is 4.79 Å². The first-order valence-electron chi connectivity index (χ1n) is 7.60. The summed E-state index contributed by atoms with van der Waals surface area (Å²) in [5.41, 5.74) is 2.10. The summed E-state index contributed by atoms with van der Waals surface area (Å²) in [6.45, 7) is 3.16. The maximum absolute atomic E-state index is 12.3. The molecule has 0 aliphatic carbocycles. The van der Waals surface area contributed by atoms with Crippen LogP contribution in [0.25, 0.3) is 0 Å². The van der Waals surface area contributed by atoms with Crippen LogP contribution in [0.1, 0.15) is 40.3 Å². The molecule has 0 radical (unpaired) electrons. The standard InChI is InChI=1S/C16H22N2OS2/c1-11-10-14(6-7-17-11)18-15(19)12-2-4-13(5-3-12)16-20-8-9-21-16/h2-5,11,14,16-17H,6-10H2,1H3,(H,18,19). The molecule has 5 heteroatoms. The molecule has 1 aromatic carbocycles. The van der Waals surface area contributed by atoms with Gasteiger partial charge in [-0.3, -0.25) is 4.79 Å². The zero-order valence-corrected chi connectivity index (χ0v) is 13.9. The van der Waals surface area contributed by atoms with E-state index in [9.17, 15) is 4.79 Å². The summed E-state index contributed by atoms with van der Waals surface area (Å²) in [6, 6.07) is 8.94. The van der Waals surface area contributed by atoms with E-state index in [1.807, 2.05) is 35.7 Å². The number of nitrogens with one attached hydrogen (secondary N) is 2. The third-order valence-corrected chi connectivity index (χ3v) is 7.13. The van der Waals surface area contributed by atoms with Gasteiger partial charge in [0, 0.05) is 29.2 Å². The van der Waals surface area contributed by atoms with Crippen molar-refractivity contribution in [2.45, 2.75) is 36.4 Å². The SMILES string of the molecule is CC1CC(NC(=O)c2ccc(C3SCCS3)cc2)CCN1. The molecule has 114 valence electrons. The molecule has 2 fully saturated rings. The van der Waals surface area contributed by atoms with Crippen molar-refractivity contribution in [1.82, 2.24) is 10.6 Å². The molecule has 0 bridgehead atoms. The lowest BCUT2D eigenvalue weighted by atomic mass is 10.00. The van der Waals surface area contributed by atoms with Crippen LogP contribution in [0.5, 0.6) is 0 Å². The summed E-state index contributed by atoms with van der Waals surface area (Å²) in [7, 11) is 0. The van der Waals surface area contributed by atoms with Gasteiger partial charge >= 0.3 is 0 Å². The minimum Gasteiger partial charge on any atom is -0.349 e. The fraction of sp³-hybridized carbons (Fsp3) is 0.562. The van der Waals surface area contributed by atoms with Crippen LogP contribution in [0.15, 0.2) is 24.3 Å². The molecule has 2 aliphatic heterocycles. The number of rotatable bonds is 3. The van der Waals surface area contributed by atoms with Crippen LogP contribution in [0.3, 0.4) is 0 Å². The third kappa shape index (κ3) is 3.96. The molecule has 2 unspecified atom stereocenters. The van der Waals surface area contributed by atoms with Gasteiger partial charge in [-0.25, -0.2) is 0 Å². The first-order valence-corrected chi connectivity index (χ1v) is 9.69. The first-order chi connectivity index (χ1) is 10.2. The smallest absolute Gasteiger partial charge is 0.251 e. The molecule has 1 aromatic rings. The Hall–Kier alpha value is -0.650. The van der Waals surface area contributed by atoms with Crippen molar-refractivity contribution in [2.75, 3.05) is 18.1 Å². The largest absolute Gasteiger partial charge is 0.349 e. The lowest BCUT2D eigenvalue weighted by Crippen LogP contribution is -2.46. The van der Waals surface area contributed by atoms with Crippen molar-refractivity contribution in [1.29, 1.82) is 0 Å². The van der Waals surface area contributed by atoms with Gasteiger partial charge in [0.15, 0.2) is 0 Å². The van der Waals surface area contributed by atoms with Gasteiger partial charge in [0.05, 0.1) is 4.58 Å². The minimum absolute atomic E-state index is 0.0624. The Kier molecular flexibility index (Phi) is 5.14. The highest BCUT2D eigenvalue weighted by Crippen LogP contribution is 2.45. The second-order valence-corrected chi connectivity index (χ2v) is 8.47. The van der Waals surface area contributed by atoms with Gasteiger partial charge in [0.2, 0.25) is 0 Å². The van der Waals surface area contributed by atoms with Gasteiger partial charge in [-0.05, 0) is 44.0 Å². The summed E-state index contributed by atoms with van der Waals surface area (Å²) in [6.07, 6.45) is 2.03. The normalized spacial score (nSPS) is 26.7. The highest BCUT2D eigenvalue weighted by atomic mass is 32.2. The molecule has 1 amide bonds. The number of hydrogen-bond donors (Lipinski definition) is 2. The molecule has 2 saturated heterocycles. The van der Waals surface area contributed by atoms with E-state index in [0.717, 1.165) is 24.9 Å². The maximum atomic E-state index is 12.3. The molecule has 3 rings (SSSR count). The van der Waals surface area contributed by atoms with Gasteiger partial charge in [0.25, 0.3) is 5.91 Å². The molecule has 2 atom stereocenters. The third-order valence-electron chi connectivity index (χ3n) is 4.03. The van der Waals surface area contributed by atoms with Gasteiger partial charge < -0.3 is 10.6 Å². The summed E-state index contributed by atoms with van der Waals surface area (Å²) < 4.78 is 0.548. The Morgan fingerprint density at radius 3 is 2.62 bits per heavy atom. The lowest BCUT2D eigenvalue weighted by Gasteiger charge is -2.28. The summed E-state index contributed by atoms with van der Waals surface area (Å²) in [4.78, 5) is 12.3. The van der Waals surface area contributed by atoms with Crippen molar-refractivity contribution in [3.8, 4) is 0 Å². The zero-order valence-electron chi connectivity index (χ0n) is 12.3. The molecule has 2 aliphatic rings. The molecular formula is C16H22N2OS2. The summed E-state index contributed by atoms with van der Waals surface area (Å²) in [5, 5.41) is 6.57. The van der Waals surface area contributed by atoms with Crippen molar-refractivity contribution in [3.63, 3.8) is 0 Å². The predicted molar refractivity (Wildman–Crippen MR) is 92.1 cm³/mol. The molecule has 0 saturated carbocycles. The Labute approximate surface area is 135 Å². The van der Waals surface area contributed by atoms with Gasteiger partial charge in [-0.15, -0.1) is 23.5 Å². The number of hydrogen-bond acceptors (Lipinski definition) is 4. The Morgan fingerprint density at radius 1 is 1.24 bits per heavy atom. The zero-order chi connectivity index (χ0) is 14.7. The van der Waals surface area contributed by atoms with E-state index in [1.165, 1.54) is 17.1 Å². The van der Waals surface area contributed by atoms with Crippen LogP contribution in [0, 0.1) is 0 Å². The first kappa shape index (κ1) is 15.3. The quantitative estimate of drug-likeness (QED) is 0.897. The molecule has 21 heavy (non-hydrogen) atoms. The van der Waals surface area contributed by atoms with E-state index in [1.54, 1.807) is 0 Å². The molecule has 3 nitrogen and oxygen atoms in total. The van der Waals surface area contributed by atoms with Crippen LogP contribution in [0.4, 0.5) is 0 Å². The number of carbonyl (C=O) groups is 1. The minimum atomic E-state index is 0.0624. The van der Waals surface area contributed by atoms with E-state index >= 15 is 0 Å². The van der Waals surface area contributed by atoms with Gasteiger partial charge in [-0.2, -0.15) is 0 Å². The maximum Gasteiger partial charge on any atom is 0.251 e. The fourth-order valence-electron chi connectivity index (χ4n) is 2.87. The van der Waals surface area contributed by atoms with Gasteiger partial charge in [-0.1, -0.05) is 12.1 Å². The highest BCUT2D eigenvalue weighted by Gasteiger charge is 2.21. The number of benzene rings is 1. The molecule has 2 heterocycles. The second kappa shape index (κ2) is 7.07. The Bertz CT molecular complexity index is 486. The summed E-state index contributed by atoms with van der Waals surface area (Å²) in [5.74, 6) is 2.52. The van der Waals surface area contributed by atoms with E-state index in [-0.39, 0.29) is 5.91 Å². The van der Waals surface area contributed by atoms with Crippen LogP contribution >= 0.6 is 23.5 Å². The number of piperidine rings is 1. The van der Waals surface area contributed by atoms with Crippen LogP contribution in [-0.4, -0.2) is 36.0 Å². The number of carbonyl (C=O) groups excluding carboxylic acids is 1. The van der Waals surface area contributed by atoms with Crippen molar-refractivity contribution in [3.05, 3.63) is 35.4 Å². The predicted octanol–water partition coefficient (Wildman–Crippen LogP) is 3.04. The summed E-state index contributed by atoms with van der Waals surface area (Å²) >= 11 is 3.99. The monoisotopic (exact) mass is 322 g/mol. The van der Waals surface area contributed by atoms with Crippen molar-refractivity contribution >= 4 is 29.4 Å². The van der Waals surface area contributed by atoms with Crippen molar-refractivity contribution in [2.24, 2.45) is 0 Å². The topological polar surface area (TPSA) is 41.1 Å². The van der Waals surface area contributed by atoms with E-state index in [4.69, 9.17) is 0 Å². The fourth-order valence-corrected chi connectivity index (χ4v) is 5.73. The van der Waals surface area contributed by atoms with E-state index in [2.05, 4.69) is 29.7 Å². The molecule has 0 aromatic heterocycles. The number of amides is 1. The van der Waals surface area contributed by atoms with Crippen LogP contribution < -0.4 is 10.6 Å². The van der Waals surface area contributed by atoms with Crippen LogP contribution in [0.2, 0.25) is 0 Å². The van der Waals surface area contributed by atoms with Gasteiger partial charge in [0.1, 0.15) is 0 Å². The molecular weight excluding hydrogens is 300 g/mol. The van der Waals surface area contributed by atoms with Crippen LogP contribution in [-0.2, 0) is 0 Å². The van der Waals surface area contributed by atoms with E-state index in [0.29, 0.717) is 16.7 Å². The number of thioether (sulfide) groups is 2. The lowest BCUT2D eigenvalue weighted by molar-refractivity contribution is 0.0925. The molecule has 2 N–H and O–H groups in total.